The van der Waals surface area contributed by atoms with Gasteiger partial charge >= 0.3 is 0 Å². The van der Waals surface area contributed by atoms with Crippen molar-refractivity contribution in [3.63, 3.8) is 0 Å². The number of hydrogen-bond acceptors (Lipinski definition) is 4. The largest absolute Gasteiger partial charge is 0.398 e. The lowest BCUT2D eigenvalue weighted by Crippen LogP contribution is -1.98. The van der Waals surface area contributed by atoms with Crippen LogP contribution in [0.15, 0.2) is 92.8 Å². The molecule has 130 valence electrons. The molecule has 0 aliphatic carbocycles. The van der Waals surface area contributed by atoms with Crippen molar-refractivity contribution in [2.24, 2.45) is 0 Å². The Bertz CT molecular complexity index is 1390. The summed E-state index contributed by atoms with van der Waals surface area (Å²) in [5.41, 5.74) is 7.12. The maximum Gasteiger partial charge on any atom is 0.189 e. The molecule has 0 radical (unpaired) electrons. The fourth-order valence-corrected chi connectivity index (χ4v) is 5.68. The first-order valence-electron chi connectivity index (χ1n) is 8.61. The van der Waals surface area contributed by atoms with Crippen LogP contribution in [0.4, 0.5) is 5.69 Å². The van der Waals surface area contributed by atoms with Crippen molar-refractivity contribution in [3.05, 3.63) is 89.1 Å². The molecular formula is C23H15NOS2. The molecule has 0 saturated carbocycles. The number of benzene rings is 4. The highest BCUT2D eigenvalue weighted by molar-refractivity contribution is 8.01. The van der Waals surface area contributed by atoms with E-state index in [4.69, 9.17) is 5.73 Å². The first kappa shape index (κ1) is 16.4. The Balaban J connectivity index is 1.71. The second-order valence-electron chi connectivity index (χ2n) is 6.43. The van der Waals surface area contributed by atoms with Gasteiger partial charge < -0.3 is 5.73 Å². The van der Waals surface area contributed by atoms with Crippen LogP contribution in [-0.2, 0) is 0 Å². The van der Waals surface area contributed by atoms with Gasteiger partial charge in [-0.25, -0.2) is 0 Å². The van der Waals surface area contributed by atoms with Crippen molar-refractivity contribution in [1.29, 1.82) is 0 Å². The Morgan fingerprint density at radius 1 is 0.741 bits per heavy atom. The summed E-state index contributed by atoms with van der Waals surface area (Å²) in [5.74, 6) is 0. The number of nitrogens with two attached hydrogens (primary N) is 1. The minimum Gasteiger partial charge on any atom is -0.398 e. The molecule has 0 spiro atoms. The molecule has 5 rings (SSSR count). The second-order valence-corrected chi connectivity index (χ2v) is 8.83. The molecule has 1 heterocycles. The van der Waals surface area contributed by atoms with Gasteiger partial charge in [0.05, 0.1) is 4.21 Å². The van der Waals surface area contributed by atoms with Crippen molar-refractivity contribution in [1.82, 2.24) is 0 Å². The molecule has 0 aliphatic heterocycles. The number of rotatable bonds is 2. The van der Waals surface area contributed by atoms with Crippen LogP contribution < -0.4 is 11.2 Å². The van der Waals surface area contributed by atoms with Gasteiger partial charge in [0.25, 0.3) is 0 Å². The molecule has 0 aliphatic rings. The third kappa shape index (κ3) is 2.87. The number of fused-ring (bicyclic) bond motifs is 3. The third-order valence-corrected chi connectivity index (χ3v) is 7.06. The quantitative estimate of drug-likeness (QED) is 0.286. The molecule has 0 bridgehead atoms. The van der Waals surface area contributed by atoms with Crippen LogP contribution in [0.1, 0.15) is 0 Å². The summed E-state index contributed by atoms with van der Waals surface area (Å²) >= 11 is 3.20. The van der Waals surface area contributed by atoms with E-state index in [9.17, 15) is 4.79 Å². The maximum atomic E-state index is 12.5. The first-order chi connectivity index (χ1) is 13.2. The molecule has 5 aromatic rings. The summed E-state index contributed by atoms with van der Waals surface area (Å²) in [7, 11) is 0. The zero-order chi connectivity index (χ0) is 18.4. The predicted octanol–water partition coefficient (Wildman–Crippen LogP) is 6.30. The molecule has 27 heavy (non-hydrogen) atoms. The lowest BCUT2D eigenvalue weighted by Gasteiger charge is -2.11. The minimum atomic E-state index is 0.0520. The van der Waals surface area contributed by atoms with Gasteiger partial charge in [-0.3, -0.25) is 4.79 Å². The molecule has 0 fully saturated rings. The van der Waals surface area contributed by atoms with Gasteiger partial charge in [0.2, 0.25) is 0 Å². The van der Waals surface area contributed by atoms with Crippen molar-refractivity contribution in [2.45, 2.75) is 9.10 Å². The molecule has 1 aromatic heterocycles. The normalized spacial score (nSPS) is 11.4. The molecule has 4 heteroatoms. The van der Waals surface area contributed by atoms with Crippen LogP contribution >= 0.6 is 23.1 Å². The fraction of sp³-hybridized carbons (Fsp3) is 0. The number of nitrogen functional groups attached to an aromatic ring is 1. The molecule has 0 saturated heterocycles. The van der Waals surface area contributed by atoms with Crippen molar-refractivity contribution < 1.29 is 0 Å². The monoisotopic (exact) mass is 385 g/mol. The van der Waals surface area contributed by atoms with Gasteiger partial charge in [-0.2, -0.15) is 0 Å². The average molecular weight is 386 g/mol. The van der Waals surface area contributed by atoms with Gasteiger partial charge in [-0.05, 0) is 51.9 Å². The van der Waals surface area contributed by atoms with Crippen LogP contribution in [0.3, 0.4) is 0 Å². The molecule has 2 N–H and O–H groups in total. The SMILES string of the molecule is Nc1ccc2cc3ccccc3cc2c1Sc1cc(=O)c2ccccc2s1. The van der Waals surface area contributed by atoms with Gasteiger partial charge in [-0.15, -0.1) is 11.3 Å². The third-order valence-electron chi connectivity index (χ3n) is 4.68. The highest BCUT2D eigenvalue weighted by Crippen LogP contribution is 2.41. The van der Waals surface area contributed by atoms with Crippen molar-refractivity contribution >= 4 is 60.4 Å². The van der Waals surface area contributed by atoms with Crippen LogP contribution in [-0.4, -0.2) is 0 Å². The summed E-state index contributed by atoms with van der Waals surface area (Å²) in [6, 6.07) is 26.2. The number of anilines is 1. The van der Waals surface area contributed by atoms with Gasteiger partial charge in [0.15, 0.2) is 5.43 Å². The lowest BCUT2D eigenvalue weighted by atomic mass is 10.0. The highest BCUT2D eigenvalue weighted by atomic mass is 32.2. The van der Waals surface area contributed by atoms with Gasteiger partial charge in [-0.1, -0.05) is 54.2 Å². The Labute approximate surface area is 164 Å². The van der Waals surface area contributed by atoms with E-state index in [0.29, 0.717) is 0 Å². The second kappa shape index (κ2) is 6.41. The molecule has 0 amide bonds. The number of hydrogen-bond donors (Lipinski definition) is 1. The lowest BCUT2D eigenvalue weighted by molar-refractivity contribution is 1.52. The van der Waals surface area contributed by atoms with E-state index in [0.717, 1.165) is 35.7 Å². The minimum absolute atomic E-state index is 0.0520. The molecule has 0 atom stereocenters. The Hall–Kier alpha value is -2.82. The molecular weight excluding hydrogens is 370 g/mol. The zero-order valence-corrected chi connectivity index (χ0v) is 15.9. The molecule has 4 aromatic carbocycles. The van der Waals surface area contributed by atoms with E-state index in [1.165, 1.54) is 10.8 Å². The zero-order valence-electron chi connectivity index (χ0n) is 14.3. The van der Waals surface area contributed by atoms with E-state index >= 15 is 0 Å². The van der Waals surface area contributed by atoms with Crippen LogP contribution in [0.5, 0.6) is 0 Å². The Morgan fingerprint density at radius 2 is 1.48 bits per heavy atom. The van der Waals surface area contributed by atoms with E-state index in [1.54, 1.807) is 29.2 Å². The van der Waals surface area contributed by atoms with Gasteiger partial charge in [0, 0.05) is 26.7 Å². The van der Waals surface area contributed by atoms with E-state index < -0.39 is 0 Å². The molecule has 2 nitrogen and oxygen atoms in total. The summed E-state index contributed by atoms with van der Waals surface area (Å²) in [5, 5.41) is 5.43. The summed E-state index contributed by atoms with van der Waals surface area (Å²) < 4.78 is 1.95. The molecule has 0 unspecified atom stereocenters. The van der Waals surface area contributed by atoms with Crippen LogP contribution in [0, 0.1) is 0 Å². The summed E-state index contributed by atoms with van der Waals surface area (Å²) in [4.78, 5) is 13.5. The van der Waals surface area contributed by atoms with E-state index in [-0.39, 0.29) is 5.43 Å². The van der Waals surface area contributed by atoms with Crippen molar-refractivity contribution in [2.75, 3.05) is 5.73 Å². The van der Waals surface area contributed by atoms with E-state index in [1.807, 2.05) is 42.5 Å². The standard InChI is InChI=1S/C23H15NOS2/c24-19-10-9-16-11-14-5-1-2-6-15(14)12-18(16)23(19)27-22-13-20(25)17-7-3-4-8-21(17)26-22/h1-13H,24H2. The topological polar surface area (TPSA) is 43.1 Å². The van der Waals surface area contributed by atoms with E-state index in [2.05, 4.69) is 30.3 Å². The predicted molar refractivity (Wildman–Crippen MR) is 118 cm³/mol. The summed E-state index contributed by atoms with van der Waals surface area (Å²) in [6.45, 7) is 0. The Morgan fingerprint density at radius 3 is 2.33 bits per heavy atom. The summed E-state index contributed by atoms with van der Waals surface area (Å²) in [6.07, 6.45) is 0. The smallest absolute Gasteiger partial charge is 0.189 e. The first-order valence-corrected chi connectivity index (χ1v) is 10.2. The highest BCUT2D eigenvalue weighted by Gasteiger charge is 2.11. The van der Waals surface area contributed by atoms with Crippen LogP contribution in [0.2, 0.25) is 0 Å². The maximum absolute atomic E-state index is 12.5. The van der Waals surface area contributed by atoms with Crippen molar-refractivity contribution in [3.8, 4) is 0 Å². The fourth-order valence-electron chi connectivity index (χ4n) is 3.35. The van der Waals surface area contributed by atoms with Crippen LogP contribution in [0.25, 0.3) is 31.6 Å². The Kier molecular flexibility index (Phi) is 3.88. The average Bonchev–Trinajstić information content (AvgIpc) is 2.69. The van der Waals surface area contributed by atoms with Gasteiger partial charge in [0.1, 0.15) is 0 Å².